The largest absolute Gasteiger partial charge is 0.467 e. The van der Waals surface area contributed by atoms with Crippen molar-refractivity contribution in [3.8, 4) is 0 Å². The molecule has 0 aromatic heterocycles. The highest BCUT2D eigenvalue weighted by molar-refractivity contribution is 5.70. The van der Waals surface area contributed by atoms with E-state index in [0.29, 0.717) is 39.5 Å². The molecule has 0 spiro atoms. The van der Waals surface area contributed by atoms with Gasteiger partial charge < -0.3 is 23.7 Å². The lowest BCUT2D eigenvalue weighted by Crippen LogP contribution is -2.15. The predicted octanol–water partition coefficient (Wildman–Crippen LogP) is 1.33. The number of rotatable bonds is 15. The second kappa shape index (κ2) is 16.2. The van der Waals surface area contributed by atoms with Crippen molar-refractivity contribution in [1.29, 1.82) is 0 Å². The normalized spacial score (nSPS) is 10.5. The van der Waals surface area contributed by atoms with Gasteiger partial charge in [0.2, 0.25) is 0 Å². The van der Waals surface area contributed by atoms with Gasteiger partial charge in [-0.2, -0.15) is 0 Å². The van der Waals surface area contributed by atoms with Crippen molar-refractivity contribution in [3.63, 3.8) is 0 Å². The van der Waals surface area contributed by atoms with Crippen LogP contribution in [0.4, 0.5) is 0 Å². The molecular formula is C15H28O7. The lowest BCUT2D eigenvalue weighted by atomic mass is 10.2. The molecule has 0 amide bonds. The first-order valence-corrected chi connectivity index (χ1v) is 7.66. The van der Waals surface area contributed by atoms with Crippen molar-refractivity contribution in [3.05, 3.63) is 0 Å². The van der Waals surface area contributed by atoms with Gasteiger partial charge >= 0.3 is 11.9 Å². The Morgan fingerprint density at radius 2 is 1.36 bits per heavy atom. The van der Waals surface area contributed by atoms with E-state index < -0.39 is 5.97 Å². The van der Waals surface area contributed by atoms with Crippen LogP contribution < -0.4 is 0 Å². The summed E-state index contributed by atoms with van der Waals surface area (Å²) in [4.78, 5) is 22.0. The molecule has 0 rings (SSSR count). The van der Waals surface area contributed by atoms with Gasteiger partial charge in [0.25, 0.3) is 0 Å². The van der Waals surface area contributed by atoms with Gasteiger partial charge in [-0.3, -0.25) is 4.79 Å². The lowest BCUT2D eigenvalue weighted by molar-refractivity contribution is -0.146. The number of ether oxygens (including phenoxy) is 5. The van der Waals surface area contributed by atoms with Gasteiger partial charge in [0.1, 0.15) is 13.2 Å². The predicted molar refractivity (Wildman–Crippen MR) is 79.6 cm³/mol. The van der Waals surface area contributed by atoms with Gasteiger partial charge in [-0.15, -0.1) is 0 Å². The zero-order chi connectivity index (χ0) is 16.5. The monoisotopic (exact) mass is 320 g/mol. The molecule has 0 bridgehead atoms. The Morgan fingerprint density at radius 3 is 1.95 bits per heavy atom. The number of hydrogen-bond donors (Lipinski definition) is 0. The summed E-state index contributed by atoms with van der Waals surface area (Å²) in [6.07, 6.45) is 3.49. The Kier molecular flexibility index (Phi) is 15.3. The van der Waals surface area contributed by atoms with Gasteiger partial charge in [-0.05, 0) is 6.42 Å². The van der Waals surface area contributed by atoms with Crippen molar-refractivity contribution in [1.82, 2.24) is 0 Å². The van der Waals surface area contributed by atoms with Crippen molar-refractivity contribution < 1.29 is 33.3 Å². The Bertz CT molecular complexity index is 281. The van der Waals surface area contributed by atoms with Crippen molar-refractivity contribution in [2.75, 3.05) is 53.4 Å². The molecule has 0 N–H and O–H groups in total. The van der Waals surface area contributed by atoms with Crippen molar-refractivity contribution in [2.45, 2.75) is 32.6 Å². The first kappa shape index (κ1) is 20.8. The van der Waals surface area contributed by atoms with E-state index >= 15 is 0 Å². The van der Waals surface area contributed by atoms with E-state index in [1.165, 1.54) is 7.11 Å². The van der Waals surface area contributed by atoms with Gasteiger partial charge in [0, 0.05) is 6.42 Å². The van der Waals surface area contributed by atoms with Gasteiger partial charge in [-0.1, -0.05) is 19.8 Å². The minimum absolute atomic E-state index is 0.0695. The van der Waals surface area contributed by atoms with E-state index in [1.54, 1.807) is 0 Å². The Morgan fingerprint density at radius 1 is 0.773 bits per heavy atom. The summed E-state index contributed by atoms with van der Waals surface area (Å²) in [5, 5.41) is 0. The molecule has 0 saturated heterocycles. The maximum Gasteiger partial charge on any atom is 0.331 e. The maximum atomic E-state index is 11.3. The van der Waals surface area contributed by atoms with Gasteiger partial charge in [0.05, 0.1) is 40.1 Å². The Balaban J connectivity index is 3.14. The summed E-state index contributed by atoms with van der Waals surface area (Å²) in [5.41, 5.74) is 0. The van der Waals surface area contributed by atoms with Gasteiger partial charge in [-0.25, -0.2) is 4.79 Å². The van der Waals surface area contributed by atoms with E-state index in [0.717, 1.165) is 19.3 Å². The first-order chi connectivity index (χ1) is 10.7. The Hall–Kier alpha value is -1.18. The second-order valence-corrected chi connectivity index (χ2v) is 4.53. The zero-order valence-electron chi connectivity index (χ0n) is 13.6. The number of carbonyl (C=O) groups excluding carboxylic acids is 2. The third-order valence-electron chi connectivity index (χ3n) is 2.67. The SMILES string of the molecule is CCCCCC(=O)OCCOCCOCCOCC(=O)OC. The molecule has 0 saturated carbocycles. The lowest BCUT2D eigenvalue weighted by Gasteiger charge is -2.07. The average Bonchev–Trinajstić information content (AvgIpc) is 2.52. The van der Waals surface area contributed by atoms with Crippen molar-refractivity contribution >= 4 is 11.9 Å². The highest BCUT2D eigenvalue weighted by Crippen LogP contribution is 2.00. The van der Waals surface area contributed by atoms with E-state index in [1.807, 2.05) is 0 Å². The quantitative estimate of drug-likeness (QED) is 0.333. The molecule has 7 nitrogen and oxygen atoms in total. The molecule has 22 heavy (non-hydrogen) atoms. The summed E-state index contributed by atoms with van der Waals surface area (Å²) in [6.45, 7) is 4.20. The van der Waals surface area contributed by atoms with E-state index in [4.69, 9.17) is 18.9 Å². The van der Waals surface area contributed by atoms with Crippen LogP contribution in [0.2, 0.25) is 0 Å². The number of carbonyl (C=O) groups is 2. The standard InChI is InChI=1S/C15H28O7/c1-3-4-5-6-14(16)22-12-11-20-8-7-19-9-10-21-13-15(17)18-2/h3-13H2,1-2H3. The highest BCUT2D eigenvalue weighted by atomic mass is 16.6. The van der Waals surface area contributed by atoms with Gasteiger partial charge in [0.15, 0.2) is 0 Å². The molecule has 0 atom stereocenters. The molecule has 130 valence electrons. The first-order valence-electron chi connectivity index (χ1n) is 7.66. The molecule has 0 aliphatic carbocycles. The number of hydrogen-bond acceptors (Lipinski definition) is 7. The summed E-state index contributed by atoms with van der Waals surface area (Å²) in [7, 11) is 1.31. The molecule has 0 aliphatic heterocycles. The molecule has 0 fully saturated rings. The highest BCUT2D eigenvalue weighted by Gasteiger charge is 2.02. The maximum absolute atomic E-state index is 11.3. The smallest absolute Gasteiger partial charge is 0.331 e. The van der Waals surface area contributed by atoms with Crippen LogP contribution in [0, 0.1) is 0 Å². The molecule has 0 unspecified atom stereocenters. The molecular weight excluding hydrogens is 292 g/mol. The summed E-state index contributed by atoms with van der Waals surface area (Å²) in [5.74, 6) is -0.580. The van der Waals surface area contributed by atoms with Crippen molar-refractivity contribution in [2.24, 2.45) is 0 Å². The van der Waals surface area contributed by atoms with Crippen LogP contribution >= 0.6 is 0 Å². The fourth-order valence-corrected chi connectivity index (χ4v) is 1.46. The summed E-state index contributed by atoms with van der Waals surface area (Å²) < 4.78 is 24.9. The van der Waals surface area contributed by atoms with E-state index in [2.05, 4.69) is 11.7 Å². The van der Waals surface area contributed by atoms with E-state index in [9.17, 15) is 9.59 Å². The molecule has 0 heterocycles. The molecule has 0 aromatic rings. The van der Waals surface area contributed by atoms with Crippen LogP contribution in [0.5, 0.6) is 0 Å². The number of unbranched alkanes of at least 4 members (excludes halogenated alkanes) is 2. The van der Waals surface area contributed by atoms with Crippen LogP contribution in [0.25, 0.3) is 0 Å². The second-order valence-electron chi connectivity index (χ2n) is 4.53. The minimum atomic E-state index is -0.410. The topological polar surface area (TPSA) is 80.3 Å². The van der Waals surface area contributed by atoms with Crippen LogP contribution in [0.15, 0.2) is 0 Å². The van der Waals surface area contributed by atoms with Crippen LogP contribution in [0.1, 0.15) is 32.6 Å². The molecule has 0 aromatic carbocycles. The average molecular weight is 320 g/mol. The van der Waals surface area contributed by atoms with Crippen LogP contribution in [-0.4, -0.2) is 65.3 Å². The molecule has 7 heteroatoms. The third-order valence-corrected chi connectivity index (χ3v) is 2.67. The number of esters is 2. The zero-order valence-corrected chi connectivity index (χ0v) is 13.6. The van der Waals surface area contributed by atoms with Crippen LogP contribution in [-0.2, 0) is 33.3 Å². The van der Waals surface area contributed by atoms with Crippen LogP contribution in [0.3, 0.4) is 0 Å². The third kappa shape index (κ3) is 15.2. The number of methoxy groups -OCH3 is 1. The molecule has 0 radical (unpaired) electrons. The van der Waals surface area contributed by atoms with E-state index in [-0.39, 0.29) is 19.2 Å². The Labute approximate surface area is 132 Å². The fourth-order valence-electron chi connectivity index (χ4n) is 1.46. The fraction of sp³-hybridized carbons (Fsp3) is 0.867. The minimum Gasteiger partial charge on any atom is -0.467 e. The summed E-state index contributed by atoms with van der Waals surface area (Å²) in [6, 6.07) is 0. The molecule has 0 aliphatic rings. The summed E-state index contributed by atoms with van der Waals surface area (Å²) >= 11 is 0.